The molecule has 0 atom stereocenters. The summed E-state index contributed by atoms with van der Waals surface area (Å²) in [5.74, 6) is -0.528. The van der Waals surface area contributed by atoms with Crippen molar-refractivity contribution in [1.82, 2.24) is 15.5 Å². The van der Waals surface area contributed by atoms with Gasteiger partial charge in [-0.15, -0.1) is 0 Å². The van der Waals surface area contributed by atoms with Crippen LogP contribution in [-0.2, 0) is 11.2 Å². The van der Waals surface area contributed by atoms with Crippen LogP contribution in [0, 0.1) is 11.7 Å². The summed E-state index contributed by atoms with van der Waals surface area (Å²) >= 11 is 0. The van der Waals surface area contributed by atoms with Crippen LogP contribution >= 0.6 is 0 Å². The number of benzene rings is 1. The van der Waals surface area contributed by atoms with E-state index in [1.165, 1.54) is 12.1 Å². The molecule has 0 aliphatic carbocycles. The zero-order valence-electron chi connectivity index (χ0n) is 14.1. The number of hydrogen-bond donors (Lipinski definition) is 2. The van der Waals surface area contributed by atoms with Gasteiger partial charge >= 0.3 is 12.2 Å². The smallest absolute Gasteiger partial charge is 0.329 e. The number of carbonyl (C=O) groups is 2. The third-order valence-corrected chi connectivity index (χ3v) is 4.19. The summed E-state index contributed by atoms with van der Waals surface area (Å²) < 4.78 is 49.2. The highest BCUT2D eigenvalue weighted by Gasteiger charge is 2.28. The summed E-state index contributed by atoms with van der Waals surface area (Å²) in [6, 6.07) is 5.30. The molecular weight excluding hydrogens is 354 g/mol. The summed E-state index contributed by atoms with van der Waals surface area (Å²) in [7, 11) is 0. The van der Waals surface area contributed by atoms with E-state index in [-0.39, 0.29) is 12.4 Å². The minimum absolute atomic E-state index is 0.0495. The monoisotopic (exact) mass is 375 g/mol. The molecule has 3 amide bonds. The Balaban J connectivity index is 1.68. The average Bonchev–Trinajstić information content (AvgIpc) is 2.54. The van der Waals surface area contributed by atoms with E-state index < -0.39 is 24.7 Å². The number of rotatable bonds is 5. The lowest BCUT2D eigenvalue weighted by Crippen LogP contribution is -2.48. The van der Waals surface area contributed by atoms with Crippen molar-refractivity contribution < 1.29 is 27.2 Å². The third kappa shape index (κ3) is 7.38. The molecule has 2 N–H and O–H groups in total. The van der Waals surface area contributed by atoms with Crippen LogP contribution in [0.1, 0.15) is 18.4 Å². The number of amides is 3. The van der Waals surface area contributed by atoms with Crippen molar-refractivity contribution in [2.45, 2.75) is 25.4 Å². The topological polar surface area (TPSA) is 61.4 Å². The van der Waals surface area contributed by atoms with Crippen LogP contribution in [0.2, 0.25) is 0 Å². The molecule has 144 valence electrons. The molecule has 5 nitrogen and oxygen atoms in total. The Bertz CT molecular complexity index is 629. The lowest BCUT2D eigenvalue weighted by molar-refractivity contribution is -0.125. The lowest BCUT2D eigenvalue weighted by atomic mass is 9.90. The minimum atomic E-state index is -4.52. The van der Waals surface area contributed by atoms with Gasteiger partial charge in [-0.2, -0.15) is 13.2 Å². The van der Waals surface area contributed by atoms with Gasteiger partial charge in [-0.05, 0) is 56.0 Å². The number of urea groups is 1. The maximum atomic E-state index is 13.2. The van der Waals surface area contributed by atoms with Crippen LogP contribution in [0.25, 0.3) is 0 Å². The molecule has 0 bridgehead atoms. The van der Waals surface area contributed by atoms with Crippen LogP contribution in [-0.4, -0.2) is 49.2 Å². The number of likely N-dealkylation sites (tertiary alicyclic amines) is 1. The Morgan fingerprint density at radius 3 is 2.50 bits per heavy atom. The quantitative estimate of drug-likeness (QED) is 0.778. The fourth-order valence-electron chi connectivity index (χ4n) is 2.94. The second-order valence-corrected chi connectivity index (χ2v) is 6.40. The first-order chi connectivity index (χ1) is 12.2. The van der Waals surface area contributed by atoms with Gasteiger partial charge in [-0.25, -0.2) is 9.18 Å². The highest BCUT2D eigenvalue weighted by atomic mass is 19.4. The molecule has 1 aliphatic rings. The van der Waals surface area contributed by atoms with E-state index in [4.69, 9.17) is 0 Å². The Hall–Kier alpha value is -2.16. The largest absolute Gasteiger partial charge is 0.405 e. The first-order valence-electron chi connectivity index (χ1n) is 8.32. The van der Waals surface area contributed by atoms with Gasteiger partial charge < -0.3 is 5.32 Å². The third-order valence-electron chi connectivity index (χ3n) is 4.19. The summed E-state index contributed by atoms with van der Waals surface area (Å²) in [5.41, 5.74) is 0.933. The Morgan fingerprint density at radius 2 is 1.88 bits per heavy atom. The second kappa shape index (κ2) is 8.98. The first-order valence-corrected chi connectivity index (χ1v) is 8.32. The van der Waals surface area contributed by atoms with Crippen LogP contribution in [0.4, 0.5) is 22.4 Å². The average molecular weight is 375 g/mol. The van der Waals surface area contributed by atoms with Gasteiger partial charge in [0.1, 0.15) is 12.4 Å². The fourth-order valence-corrected chi connectivity index (χ4v) is 2.94. The predicted molar refractivity (Wildman–Crippen MR) is 86.9 cm³/mol. The molecule has 1 fully saturated rings. The zero-order chi connectivity index (χ0) is 19.2. The fraction of sp³-hybridized carbons (Fsp3) is 0.529. The predicted octanol–water partition coefficient (Wildman–Crippen LogP) is 2.47. The van der Waals surface area contributed by atoms with Gasteiger partial charge in [0.05, 0.1) is 6.54 Å². The number of hydrogen-bond acceptors (Lipinski definition) is 3. The van der Waals surface area contributed by atoms with Crippen LogP contribution in [0.5, 0.6) is 0 Å². The Labute approximate surface area is 148 Å². The van der Waals surface area contributed by atoms with E-state index in [2.05, 4.69) is 0 Å². The van der Waals surface area contributed by atoms with E-state index in [0.29, 0.717) is 19.0 Å². The van der Waals surface area contributed by atoms with Crippen molar-refractivity contribution in [1.29, 1.82) is 0 Å². The maximum Gasteiger partial charge on any atom is 0.405 e. The number of piperidine rings is 1. The normalized spacial score (nSPS) is 16.3. The maximum absolute atomic E-state index is 13.2. The van der Waals surface area contributed by atoms with Gasteiger partial charge in [0.25, 0.3) is 0 Å². The molecule has 9 heteroatoms. The van der Waals surface area contributed by atoms with Gasteiger partial charge in [-0.1, -0.05) is 12.1 Å². The Morgan fingerprint density at radius 1 is 1.19 bits per heavy atom. The summed E-state index contributed by atoms with van der Waals surface area (Å²) in [5, 5.41) is 3.47. The van der Waals surface area contributed by atoms with Crippen molar-refractivity contribution in [3.63, 3.8) is 0 Å². The van der Waals surface area contributed by atoms with Crippen molar-refractivity contribution in [3.05, 3.63) is 35.6 Å². The van der Waals surface area contributed by atoms with E-state index in [9.17, 15) is 27.2 Å². The number of imide groups is 1. The Kier molecular flexibility index (Phi) is 6.96. The van der Waals surface area contributed by atoms with Crippen LogP contribution in [0.3, 0.4) is 0 Å². The van der Waals surface area contributed by atoms with Gasteiger partial charge in [0.15, 0.2) is 0 Å². The molecular formula is C17H21F4N3O2. The van der Waals surface area contributed by atoms with E-state index in [1.54, 1.807) is 11.4 Å². The van der Waals surface area contributed by atoms with Crippen molar-refractivity contribution in [3.8, 4) is 0 Å². The first kappa shape index (κ1) is 20.2. The molecule has 1 aromatic rings. The molecule has 0 saturated carbocycles. The zero-order valence-corrected chi connectivity index (χ0v) is 14.1. The van der Waals surface area contributed by atoms with Gasteiger partial charge in [0, 0.05) is 0 Å². The highest BCUT2D eigenvalue weighted by Crippen LogP contribution is 2.21. The molecule has 1 aliphatic heterocycles. The van der Waals surface area contributed by atoms with Crippen molar-refractivity contribution >= 4 is 11.9 Å². The lowest BCUT2D eigenvalue weighted by Gasteiger charge is -2.31. The molecule has 0 unspecified atom stereocenters. The number of nitrogens with zero attached hydrogens (tertiary/aromatic N) is 1. The minimum Gasteiger partial charge on any atom is -0.329 e. The summed E-state index contributed by atoms with van der Waals surface area (Å²) in [6.07, 6.45) is -2.12. The number of halogens is 4. The van der Waals surface area contributed by atoms with Gasteiger partial charge in [-0.3, -0.25) is 15.0 Å². The molecule has 26 heavy (non-hydrogen) atoms. The molecule has 2 rings (SSSR count). The molecule has 0 aromatic heterocycles. The summed E-state index contributed by atoms with van der Waals surface area (Å²) in [6.45, 7) is -0.265. The summed E-state index contributed by atoms with van der Waals surface area (Å²) in [4.78, 5) is 24.8. The van der Waals surface area contributed by atoms with Crippen molar-refractivity contribution in [2.75, 3.05) is 26.2 Å². The number of alkyl halides is 3. The molecule has 1 saturated heterocycles. The molecule has 0 spiro atoms. The molecule has 1 heterocycles. The SMILES string of the molecule is O=C(CN1CCC(Cc2cccc(F)c2)CC1)NC(=O)NCC(F)(F)F. The van der Waals surface area contributed by atoms with E-state index in [0.717, 1.165) is 24.8 Å². The highest BCUT2D eigenvalue weighted by molar-refractivity contribution is 5.95. The van der Waals surface area contributed by atoms with Gasteiger partial charge in [0.2, 0.25) is 5.91 Å². The molecule has 1 aromatic carbocycles. The molecule has 0 radical (unpaired) electrons. The number of carbonyl (C=O) groups excluding carboxylic acids is 2. The standard InChI is InChI=1S/C17H21F4N3O2/c18-14-3-1-2-13(9-14)8-12-4-6-24(7-5-12)10-15(25)23-16(26)22-11-17(19,20)21/h1-3,9,12H,4-8,10-11H2,(H2,22,23,25,26). The van der Waals surface area contributed by atoms with E-state index in [1.807, 2.05) is 16.3 Å². The van der Waals surface area contributed by atoms with Crippen molar-refractivity contribution in [2.24, 2.45) is 5.92 Å². The second-order valence-electron chi connectivity index (χ2n) is 6.40. The number of nitrogens with one attached hydrogen (secondary N) is 2. The van der Waals surface area contributed by atoms with E-state index >= 15 is 0 Å². The van der Waals surface area contributed by atoms with Crippen LogP contribution in [0.15, 0.2) is 24.3 Å². The van der Waals surface area contributed by atoms with Crippen LogP contribution < -0.4 is 10.6 Å².